The van der Waals surface area contributed by atoms with Crippen molar-refractivity contribution in [3.8, 4) is 0 Å². The van der Waals surface area contributed by atoms with Crippen molar-refractivity contribution in [3.05, 3.63) is 0 Å². The van der Waals surface area contributed by atoms with Gasteiger partial charge in [-0.05, 0) is 25.5 Å². The average Bonchev–Trinajstić information content (AvgIpc) is 2.21. The van der Waals surface area contributed by atoms with E-state index in [0.717, 1.165) is 12.8 Å². The van der Waals surface area contributed by atoms with E-state index in [9.17, 15) is 0 Å². The van der Waals surface area contributed by atoms with Crippen molar-refractivity contribution in [1.29, 1.82) is 0 Å². The molecule has 0 radical (unpaired) electrons. The molecule has 0 saturated carbocycles. The van der Waals surface area contributed by atoms with Crippen LogP contribution in [0.3, 0.4) is 0 Å². The van der Waals surface area contributed by atoms with Crippen LogP contribution in [0.4, 0.5) is 0 Å². The first-order valence-electron chi connectivity index (χ1n) is 5.53. The molecule has 3 nitrogen and oxygen atoms in total. The quantitative estimate of drug-likeness (QED) is 0.318. The van der Waals surface area contributed by atoms with Crippen LogP contribution in [0, 0.1) is 0 Å². The zero-order valence-corrected chi connectivity index (χ0v) is 9.41. The molecule has 0 N–H and O–H groups in total. The minimum atomic E-state index is 0.584. The van der Waals surface area contributed by atoms with Gasteiger partial charge in [-0.15, -0.1) is 0 Å². The van der Waals surface area contributed by atoms with Crippen LogP contribution in [-0.4, -0.2) is 25.6 Å². The molecule has 0 bridgehead atoms. The molecule has 14 heavy (non-hydrogen) atoms. The second-order valence-electron chi connectivity index (χ2n) is 3.11. The average molecular weight is 198 g/mol. The predicted molar refractivity (Wildman–Crippen MR) is 62.2 cm³/mol. The molecule has 0 unspecified atom stereocenters. The zero-order chi connectivity index (χ0) is 10.5. The lowest BCUT2D eigenvalue weighted by Crippen LogP contribution is -1.93. The number of rotatable bonds is 9. The molecule has 0 aliphatic heterocycles. The minimum absolute atomic E-state index is 0.584. The normalized spacial score (nSPS) is 11.6. The van der Waals surface area contributed by atoms with Crippen molar-refractivity contribution in [2.75, 3.05) is 13.2 Å². The number of hydrogen-bond acceptors (Lipinski definition) is 3. The maximum absolute atomic E-state index is 4.96. The second-order valence-corrected chi connectivity index (χ2v) is 3.11. The Morgan fingerprint density at radius 2 is 2.00 bits per heavy atom. The summed E-state index contributed by atoms with van der Waals surface area (Å²) in [6.45, 7) is 5.53. The SMILES string of the molecule is CC/C=N\OCC/N=C/CCCCC. The Hall–Kier alpha value is -0.860. The van der Waals surface area contributed by atoms with E-state index in [-0.39, 0.29) is 0 Å². The maximum Gasteiger partial charge on any atom is 0.136 e. The Kier molecular flexibility index (Phi) is 11.4. The van der Waals surface area contributed by atoms with Crippen LogP contribution in [-0.2, 0) is 4.84 Å². The van der Waals surface area contributed by atoms with Crippen LogP contribution in [0.5, 0.6) is 0 Å². The number of nitrogens with zero attached hydrogens (tertiary/aromatic N) is 2. The van der Waals surface area contributed by atoms with Crippen LogP contribution in [0.25, 0.3) is 0 Å². The summed E-state index contributed by atoms with van der Waals surface area (Å²) in [5.74, 6) is 0. The molecule has 0 amide bonds. The summed E-state index contributed by atoms with van der Waals surface area (Å²) >= 11 is 0. The zero-order valence-electron chi connectivity index (χ0n) is 9.41. The first kappa shape index (κ1) is 13.1. The van der Waals surface area contributed by atoms with Crippen molar-refractivity contribution in [1.82, 2.24) is 0 Å². The molecule has 0 aliphatic rings. The molecule has 0 fully saturated rings. The highest BCUT2D eigenvalue weighted by atomic mass is 16.6. The molecule has 82 valence electrons. The van der Waals surface area contributed by atoms with E-state index >= 15 is 0 Å². The van der Waals surface area contributed by atoms with E-state index in [2.05, 4.69) is 17.1 Å². The fraction of sp³-hybridized carbons (Fsp3) is 0.818. The van der Waals surface area contributed by atoms with Crippen LogP contribution in [0.1, 0.15) is 46.0 Å². The second kappa shape index (κ2) is 12.1. The van der Waals surface area contributed by atoms with Gasteiger partial charge in [0.15, 0.2) is 0 Å². The smallest absolute Gasteiger partial charge is 0.136 e. The van der Waals surface area contributed by atoms with E-state index in [1.165, 1.54) is 19.3 Å². The fourth-order valence-corrected chi connectivity index (χ4v) is 0.942. The standard InChI is InChI=1S/C11H22N2O/c1-3-5-6-7-9-12-10-11-14-13-8-4-2/h8-9H,3-7,10-11H2,1-2H3/b12-9+,13-8-. The molecule has 0 rings (SSSR count). The van der Waals surface area contributed by atoms with Gasteiger partial charge in [0.25, 0.3) is 0 Å². The highest BCUT2D eigenvalue weighted by Gasteiger charge is 1.83. The summed E-state index contributed by atoms with van der Waals surface area (Å²) in [5, 5.41) is 3.74. The van der Waals surface area contributed by atoms with Gasteiger partial charge in [-0.25, -0.2) is 0 Å². The Labute approximate surface area is 87.2 Å². The number of hydrogen-bond donors (Lipinski definition) is 0. The summed E-state index contributed by atoms with van der Waals surface area (Å²) in [5.41, 5.74) is 0. The van der Waals surface area contributed by atoms with Gasteiger partial charge in [-0.2, -0.15) is 0 Å². The van der Waals surface area contributed by atoms with Crippen LogP contribution < -0.4 is 0 Å². The summed E-state index contributed by atoms with van der Waals surface area (Å²) in [6, 6.07) is 0. The third-order valence-electron chi connectivity index (χ3n) is 1.71. The first-order chi connectivity index (χ1) is 6.91. The van der Waals surface area contributed by atoms with Gasteiger partial charge in [-0.3, -0.25) is 4.99 Å². The maximum atomic E-state index is 4.96. The van der Waals surface area contributed by atoms with Gasteiger partial charge in [0.2, 0.25) is 0 Å². The Balaban J connectivity index is 3.07. The molecular weight excluding hydrogens is 176 g/mol. The third kappa shape index (κ3) is 11.1. The lowest BCUT2D eigenvalue weighted by Gasteiger charge is -1.94. The third-order valence-corrected chi connectivity index (χ3v) is 1.71. The van der Waals surface area contributed by atoms with Crippen LogP contribution >= 0.6 is 0 Å². The first-order valence-corrected chi connectivity index (χ1v) is 5.53. The lowest BCUT2D eigenvalue weighted by molar-refractivity contribution is 0.153. The van der Waals surface area contributed by atoms with Gasteiger partial charge < -0.3 is 4.84 Å². The molecule has 0 saturated heterocycles. The highest BCUT2D eigenvalue weighted by molar-refractivity contribution is 5.57. The summed E-state index contributed by atoms with van der Waals surface area (Å²) < 4.78 is 0. The Morgan fingerprint density at radius 1 is 1.14 bits per heavy atom. The van der Waals surface area contributed by atoms with Crippen molar-refractivity contribution in [2.24, 2.45) is 10.1 Å². The molecule has 0 aromatic rings. The highest BCUT2D eigenvalue weighted by Crippen LogP contribution is 1.95. The Bertz CT molecular complexity index is 155. The molecule has 0 aromatic heterocycles. The molecular formula is C11H22N2O. The topological polar surface area (TPSA) is 34.0 Å². The van der Waals surface area contributed by atoms with E-state index < -0.39 is 0 Å². The monoisotopic (exact) mass is 198 g/mol. The van der Waals surface area contributed by atoms with Gasteiger partial charge in [-0.1, -0.05) is 31.8 Å². The summed E-state index contributed by atoms with van der Waals surface area (Å²) in [4.78, 5) is 9.17. The van der Waals surface area contributed by atoms with Gasteiger partial charge in [0, 0.05) is 6.21 Å². The summed E-state index contributed by atoms with van der Waals surface area (Å²) in [6.07, 6.45) is 9.56. The van der Waals surface area contributed by atoms with E-state index in [1.54, 1.807) is 6.21 Å². The van der Waals surface area contributed by atoms with Crippen molar-refractivity contribution < 1.29 is 4.84 Å². The Morgan fingerprint density at radius 3 is 2.71 bits per heavy atom. The number of unbranched alkanes of at least 4 members (excludes halogenated alkanes) is 3. The van der Waals surface area contributed by atoms with Crippen LogP contribution in [0.2, 0.25) is 0 Å². The van der Waals surface area contributed by atoms with Gasteiger partial charge >= 0.3 is 0 Å². The molecule has 0 aliphatic carbocycles. The van der Waals surface area contributed by atoms with E-state index in [4.69, 9.17) is 4.84 Å². The molecule has 0 atom stereocenters. The lowest BCUT2D eigenvalue weighted by atomic mass is 10.2. The molecule has 0 spiro atoms. The summed E-state index contributed by atoms with van der Waals surface area (Å²) in [7, 11) is 0. The molecule has 3 heteroatoms. The minimum Gasteiger partial charge on any atom is -0.394 e. The molecule has 0 heterocycles. The fourth-order valence-electron chi connectivity index (χ4n) is 0.942. The van der Waals surface area contributed by atoms with E-state index in [0.29, 0.717) is 13.2 Å². The number of aliphatic imine (C=N–C) groups is 1. The largest absolute Gasteiger partial charge is 0.394 e. The van der Waals surface area contributed by atoms with Gasteiger partial charge in [0.1, 0.15) is 6.61 Å². The van der Waals surface area contributed by atoms with Crippen LogP contribution in [0.15, 0.2) is 10.1 Å². The number of oxime groups is 1. The molecule has 0 aromatic carbocycles. The van der Waals surface area contributed by atoms with Crippen molar-refractivity contribution >= 4 is 12.4 Å². The van der Waals surface area contributed by atoms with Gasteiger partial charge in [0.05, 0.1) is 6.54 Å². The van der Waals surface area contributed by atoms with E-state index in [1.807, 2.05) is 13.1 Å². The predicted octanol–water partition coefficient (Wildman–Crippen LogP) is 3.05. The van der Waals surface area contributed by atoms with Crippen molar-refractivity contribution in [3.63, 3.8) is 0 Å². The van der Waals surface area contributed by atoms with Crippen molar-refractivity contribution in [2.45, 2.75) is 46.0 Å².